The number of aliphatic hydroxyl groups is 1. The summed E-state index contributed by atoms with van der Waals surface area (Å²) in [5.74, 6) is 5.38. The number of nitrogens with zero attached hydrogens (tertiary/aromatic N) is 2. The molecule has 3 N–H and O–H groups in total. The molecule has 1 aromatic rings. The molecule has 20 heavy (non-hydrogen) atoms. The summed E-state index contributed by atoms with van der Waals surface area (Å²) in [6.07, 6.45) is 1.22. The maximum absolute atomic E-state index is 12.5. The number of morpholine rings is 1. The molecule has 0 aromatic carbocycles. The van der Waals surface area contributed by atoms with Crippen molar-refractivity contribution < 1.29 is 14.6 Å². The molecule has 0 saturated carbocycles. The number of ether oxygens (including phenoxy) is 1. The first-order valence-electron chi connectivity index (χ1n) is 6.42. The molecule has 2 heterocycles. The van der Waals surface area contributed by atoms with Crippen LogP contribution in [-0.2, 0) is 4.74 Å². The lowest BCUT2D eigenvalue weighted by atomic mass is 10.1. The number of aliphatic hydroxyl groups excluding tert-OH is 1. The minimum atomic E-state index is -0.338. The minimum Gasteiger partial charge on any atom is -0.394 e. The molecule has 1 atom stereocenters. The highest BCUT2D eigenvalue weighted by atomic mass is 16.5. The summed E-state index contributed by atoms with van der Waals surface area (Å²) in [6, 6.07) is 3.47. The van der Waals surface area contributed by atoms with Crippen LogP contribution in [0.25, 0.3) is 0 Å². The van der Waals surface area contributed by atoms with Crippen LogP contribution in [0.2, 0.25) is 0 Å². The molecule has 0 radical (unpaired) electrons. The van der Waals surface area contributed by atoms with Crippen LogP contribution in [0, 0.1) is 11.8 Å². The van der Waals surface area contributed by atoms with Gasteiger partial charge in [0.2, 0.25) is 0 Å². The van der Waals surface area contributed by atoms with E-state index in [0.29, 0.717) is 31.0 Å². The average Bonchev–Trinajstić information content (AvgIpc) is 2.52. The Balaban J connectivity index is 2.20. The Labute approximate surface area is 117 Å². The third kappa shape index (κ3) is 3.33. The van der Waals surface area contributed by atoms with Crippen molar-refractivity contribution in [2.45, 2.75) is 6.10 Å². The molecule has 1 saturated heterocycles. The van der Waals surface area contributed by atoms with E-state index in [1.54, 1.807) is 23.2 Å². The van der Waals surface area contributed by atoms with Crippen LogP contribution < -0.4 is 5.73 Å². The van der Waals surface area contributed by atoms with E-state index < -0.39 is 0 Å². The molecule has 1 fully saturated rings. The van der Waals surface area contributed by atoms with Crippen molar-refractivity contribution in [2.24, 2.45) is 5.73 Å². The van der Waals surface area contributed by atoms with Crippen molar-refractivity contribution >= 4 is 5.91 Å². The number of amides is 1. The van der Waals surface area contributed by atoms with Gasteiger partial charge >= 0.3 is 0 Å². The van der Waals surface area contributed by atoms with Gasteiger partial charge in [-0.3, -0.25) is 4.79 Å². The normalized spacial score (nSPS) is 18.3. The van der Waals surface area contributed by atoms with E-state index in [0.717, 1.165) is 0 Å². The van der Waals surface area contributed by atoms with Crippen LogP contribution in [0.1, 0.15) is 16.1 Å². The summed E-state index contributed by atoms with van der Waals surface area (Å²) in [4.78, 5) is 18.2. The number of aromatic nitrogens is 1. The molecule has 1 aliphatic rings. The topological polar surface area (TPSA) is 88.7 Å². The van der Waals surface area contributed by atoms with Crippen molar-refractivity contribution in [3.8, 4) is 11.8 Å². The van der Waals surface area contributed by atoms with Crippen LogP contribution in [0.15, 0.2) is 18.3 Å². The Bertz CT molecular complexity index is 536. The lowest BCUT2D eigenvalue weighted by Gasteiger charge is -2.31. The number of hydrogen-bond donors (Lipinski definition) is 2. The second kappa shape index (κ2) is 7.01. The Morgan fingerprint density at radius 1 is 1.65 bits per heavy atom. The van der Waals surface area contributed by atoms with Gasteiger partial charge in [0.25, 0.3) is 5.91 Å². The van der Waals surface area contributed by atoms with Crippen molar-refractivity contribution in [2.75, 3.05) is 32.8 Å². The number of nitrogens with two attached hydrogens (primary N) is 1. The smallest absolute Gasteiger partial charge is 0.273 e. The zero-order valence-electron chi connectivity index (χ0n) is 11.1. The second-order valence-electron chi connectivity index (χ2n) is 4.33. The fraction of sp³-hybridized carbons (Fsp3) is 0.429. The predicted octanol–water partition coefficient (Wildman–Crippen LogP) is -0.775. The van der Waals surface area contributed by atoms with Gasteiger partial charge in [-0.2, -0.15) is 0 Å². The highest BCUT2D eigenvalue weighted by molar-refractivity contribution is 5.94. The zero-order valence-corrected chi connectivity index (χ0v) is 11.1. The van der Waals surface area contributed by atoms with Gasteiger partial charge in [-0.05, 0) is 12.1 Å². The summed E-state index contributed by atoms with van der Waals surface area (Å²) in [7, 11) is 0. The van der Waals surface area contributed by atoms with Gasteiger partial charge in [0.1, 0.15) is 5.69 Å². The Morgan fingerprint density at radius 2 is 2.50 bits per heavy atom. The second-order valence-corrected chi connectivity index (χ2v) is 4.33. The van der Waals surface area contributed by atoms with Gasteiger partial charge in [-0.1, -0.05) is 11.8 Å². The lowest BCUT2D eigenvalue weighted by Crippen LogP contribution is -2.47. The number of pyridine rings is 1. The van der Waals surface area contributed by atoms with Crippen molar-refractivity contribution in [3.05, 3.63) is 29.6 Å². The molecule has 0 bridgehead atoms. The highest BCUT2D eigenvalue weighted by Crippen LogP contribution is 2.12. The third-order valence-corrected chi connectivity index (χ3v) is 2.97. The first-order chi connectivity index (χ1) is 9.76. The molecule has 6 heteroatoms. The quantitative estimate of drug-likeness (QED) is 0.692. The SMILES string of the molecule is NCC#Cc1cccnc1C(=O)N1CCOC(CO)C1. The molecule has 1 amide bonds. The van der Waals surface area contributed by atoms with Gasteiger partial charge < -0.3 is 20.5 Å². The van der Waals surface area contributed by atoms with Crippen LogP contribution in [0.5, 0.6) is 0 Å². The standard InChI is InChI=1S/C14H17N3O3/c15-5-1-3-11-4-2-6-16-13(11)14(19)17-7-8-20-12(9-17)10-18/h2,4,6,12,18H,5,7-10,15H2. The monoisotopic (exact) mass is 275 g/mol. The van der Waals surface area contributed by atoms with E-state index in [2.05, 4.69) is 16.8 Å². The largest absolute Gasteiger partial charge is 0.394 e. The lowest BCUT2D eigenvalue weighted by molar-refractivity contribution is -0.0448. The van der Waals surface area contributed by atoms with E-state index in [9.17, 15) is 4.79 Å². The molecule has 0 spiro atoms. The summed E-state index contributed by atoms with van der Waals surface area (Å²) in [6.45, 7) is 1.37. The fourth-order valence-corrected chi connectivity index (χ4v) is 1.99. The summed E-state index contributed by atoms with van der Waals surface area (Å²) in [5.41, 5.74) is 6.22. The van der Waals surface area contributed by atoms with Gasteiger partial charge in [-0.25, -0.2) is 4.98 Å². The first-order valence-corrected chi connectivity index (χ1v) is 6.42. The van der Waals surface area contributed by atoms with Gasteiger partial charge in [0, 0.05) is 19.3 Å². The highest BCUT2D eigenvalue weighted by Gasteiger charge is 2.26. The Morgan fingerprint density at radius 3 is 3.25 bits per heavy atom. The van der Waals surface area contributed by atoms with Crippen LogP contribution in [0.3, 0.4) is 0 Å². The first kappa shape index (κ1) is 14.5. The van der Waals surface area contributed by atoms with E-state index >= 15 is 0 Å². The number of hydrogen-bond acceptors (Lipinski definition) is 5. The van der Waals surface area contributed by atoms with E-state index in [1.165, 1.54) is 0 Å². The summed E-state index contributed by atoms with van der Waals surface area (Å²) < 4.78 is 5.33. The average molecular weight is 275 g/mol. The third-order valence-electron chi connectivity index (χ3n) is 2.97. The summed E-state index contributed by atoms with van der Waals surface area (Å²) >= 11 is 0. The maximum Gasteiger partial charge on any atom is 0.273 e. The number of rotatable bonds is 2. The molecule has 2 rings (SSSR count). The maximum atomic E-state index is 12.5. The van der Waals surface area contributed by atoms with E-state index in [4.69, 9.17) is 15.6 Å². The van der Waals surface area contributed by atoms with Gasteiger partial charge in [0.05, 0.1) is 31.4 Å². The molecular formula is C14H17N3O3. The molecule has 106 valence electrons. The molecule has 6 nitrogen and oxygen atoms in total. The minimum absolute atomic E-state index is 0.105. The van der Waals surface area contributed by atoms with Crippen molar-refractivity contribution in [1.29, 1.82) is 0 Å². The van der Waals surface area contributed by atoms with Crippen LogP contribution in [0.4, 0.5) is 0 Å². The Kier molecular flexibility index (Phi) is 5.07. The molecule has 1 aliphatic heterocycles. The molecule has 0 aliphatic carbocycles. The zero-order chi connectivity index (χ0) is 14.4. The van der Waals surface area contributed by atoms with E-state index in [1.807, 2.05) is 0 Å². The molecular weight excluding hydrogens is 258 g/mol. The van der Waals surface area contributed by atoms with E-state index in [-0.39, 0.29) is 25.2 Å². The predicted molar refractivity (Wildman–Crippen MR) is 72.9 cm³/mol. The fourth-order valence-electron chi connectivity index (χ4n) is 1.99. The molecule has 1 aromatic heterocycles. The number of carbonyl (C=O) groups excluding carboxylic acids is 1. The number of carbonyl (C=O) groups is 1. The summed E-state index contributed by atoms with van der Waals surface area (Å²) in [5, 5.41) is 9.12. The van der Waals surface area contributed by atoms with Gasteiger partial charge in [-0.15, -0.1) is 0 Å². The van der Waals surface area contributed by atoms with Crippen LogP contribution >= 0.6 is 0 Å². The van der Waals surface area contributed by atoms with Crippen LogP contribution in [-0.4, -0.2) is 59.8 Å². The molecule has 1 unspecified atom stereocenters. The Hall–Kier alpha value is -1.94. The van der Waals surface area contributed by atoms with Crippen molar-refractivity contribution in [1.82, 2.24) is 9.88 Å². The van der Waals surface area contributed by atoms with Gasteiger partial charge in [0.15, 0.2) is 0 Å². The van der Waals surface area contributed by atoms with Crippen molar-refractivity contribution in [3.63, 3.8) is 0 Å².